The third-order valence-electron chi connectivity index (χ3n) is 10.8. The van der Waals surface area contributed by atoms with Crippen LogP contribution in [0.3, 0.4) is 0 Å². The second-order valence-corrected chi connectivity index (χ2v) is 13.9. The number of rotatable bonds is 5. The molecule has 1 saturated carbocycles. The number of anilines is 2. The zero-order chi connectivity index (χ0) is 34.2. The molecule has 2 heterocycles. The SMILES string of the molecule is COc1ccc(C2C3=CCC4C(=O)N(c5ccc(Cl)cc5)C(=O)C4C3CC3C(=O)N(c4cccc(Cl)c4)C(=O)C32c2ccccc2)cc1O. The molecule has 0 bridgehead atoms. The Morgan fingerprint density at radius 2 is 1.51 bits per heavy atom. The minimum Gasteiger partial charge on any atom is -0.504 e. The van der Waals surface area contributed by atoms with Crippen molar-refractivity contribution in [1.29, 1.82) is 0 Å². The maximum atomic E-state index is 15.3. The van der Waals surface area contributed by atoms with E-state index >= 15 is 4.79 Å². The van der Waals surface area contributed by atoms with Gasteiger partial charge in [-0.1, -0.05) is 77.3 Å². The molecule has 6 unspecified atom stereocenters. The number of amides is 4. The zero-order valence-electron chi connectivity index (χ0n) is 26.3. The Morgan fingerprint density at radius 3 is 2.20 bits per heavy atom. The molecule has 4 aliphatic rings. The minimum atomic E-state index is -1.45. The number of halogens is 2. The van der Waals surface area contributed by atoms with Crippen molar-refractivity contribution in [3.05, 3.63) is 130 Å². The number of fused-ring (bicyclic) bond motifs is 4. The van der Waals surface area contributed by atoms with E-state index in [-0.39, 0.29) is 36.2 Å². The van der Waals surface area contributed by atoms with Crippen LogP contribution in [0.4, 0.5) is 11.4 Å². The average Bonchev–Trinajstić information content (AvgIpc) is 3.49. The zero-order valence-corrected chi connectivity index (χ0v) is 27.8. The van der Waals surface area contributed by atoms with Crippen LogP contribution in [0.5, 0.6) is 11.5 Å². The summed E-state index contributed by atoms with van der Waals surface area (Å²) in [6.45, 7) is 0. The van der Waals surface area contributed by atoms with Crippen molar-refractivity contribution in [3.8, 4) is 11.5 Å². The summed E-state index contributed by atoms with van der Waals surface area (Å²) in [4.78, 5) is 60.9. The van der Waals surface area contributed by atoms with Crippen molar-refractivity contribution in [2.45, 2.75) is 24.2 Å². The van der Waals surface area contributed by atoms with Crippen LogP contribution in [-0.2, 0) is 24.6 Å². The molecule has 4 aromatic carbocycles. The smallest absolute Gasteiger partial charge is 0.246 e. The first kappa shape index (κ1) is 31.4. The molecule has 1 N–H and O–H groups in total. The van der Waals surface area contributed by atoms with Crippen molar-refractivity contribution in [2.75, 3.05) is 16.9 Å². The van der Waals surface area contributed by atoms with Crippen LogP contribution in [0.15, 0.2) is 109 Å². The predicted octanol–water partition coefficient (Wildman–Crippen LogP) is 7.07. The van der Waals surface area contributed by atoms with Gasteiger partial charge in [0.1, 0.15) is 0 Å². The quantitative estimate of drug-likeness (QED) is 0.177. The van der Waals surface area contributed by atoms with Crippen molar-refractivity contribution >= 4 is 58.2 Å². The van der Waals surface area contributed by atoms with Crippen LogP contribution in [0.25, 0.3) is 0 Å². The Kier molecular flexibility index (Phi) is 7.42. The van der Waals surface area contributed by atoms with E-state index in [0.717, 1.165) is 5.57 Å². The third kappa shape index (κ3) is 4.50. The number of phenols is 1. The van der Waals surface area contributed by atoms with Crippen molar-refractivity contribution in [2.24, 2.45) is 23.7 Å². The number of phenolic OH excluding ortho intramolecular Hbond substituents is 1. The lowest BCUT2D eigenvalue weighted by molar-refractivity contribution is -0.127. The maximum Gasteiger partial charge on any atom is 0.246 e. The van der Waals surface area contributed by atoms with Crippen molar-refractivity contribution in [1.82, 2.24) is 0 Å². The maximum absolute atomic E-state index is 15.3. The molecule has 6 atom stereocenters. The number of carbonyl (C=O) groups excluding carboxylic acids is 4. The van der Waals surface area contributed by atoms with Crippen molar-refractivity contribution < 1.29 is 29.0 Å². The van der Waals surface area contributed by atoms with E-state index in [1.54, 1.807) is 66.7 Å². The number of nitrogens with zero attached hydrogens (tertiary/aromatic N) is 2. The van der Waals surface area contributed by atoms with E-state index in [4.69, 9.17) is 27.9 Å². The summed E-state index contributed by atoms with van der Waals surface area (Å²) in [7, 11) is 1.45. The molecule has 2 saturated heterocycles. The van der Waals surface area contributed by atoms with Gasteiger partial charge in [-0.05, 0) is 84.5 Å². The van der Waals surface area contributed by atoms with E-state index in [1.807, 2.05) is 36.4 Å². The van der Waals surface area contributed by atoms with Crippen LogP contribution < -0.4 is 14.5 Å². The highest BCUT2D eigenvalue weighted by atomic mass is 35.5. The van der Waals surface area contributed by atoms with Gasteiger partial charge in [0.25, 0.3) is 0 Å². The summed E-state index contributed by atoms with van der Waals surface area (Å²) < 4.78 is 5.36. The summed E-state index contributed by atoms with van der Waals surface area (Å²) in [6.07, 6.45) is 2.42. The number of methoxy groups -OCH3 is 1. The Bertz CT molecular complexity index is 2080. The second-order valence-electron chi connectivity index (χ2n) is 13.0. The lowest BCUT2D eigenvalue weighted by atomic mass is 9.49. The molecular weight excluding hydrogens is 663 g/mol. The molecule has 49 heavy (non-hydrogen) atoms. The van der Waals surface area contributed by atoms with Crippen molar-refractivity contribution in [3.63, 3.8) is 0 Å². The molecule has 4 aromatic rings. The average molecular weight is 694 g/mol. The van der Waals surface area contributed by atoms with Gasteiger partial charge in [0.15, 0.2) is 11.5 Å². The van der Waals surface area contributed by atoms with Gasteiger partial charge >= 0.3 is 0 Å². The fourth-order valence-corrected chi connectivity index (χ4v) is 9.16. The minimum absolute atomic E-state index is 0.124. The lowest BCUT2D eigenvalue weighted by Crippen LogP contribution is -2.53. The molecule has 0 radical (unpaired) electrons. The number of ether oxygens (including phenoxy) is 1. The first-order chi connectivity index (χ1) is 23.7. The normalized spacial score (nSPS) is 27.5. The van der Waals surface area contributed by atoms with Gasteiger partial charge in [0.05, 0.1) is 41.7 Å². The number of allylic oxidation sites excluding steroid dienone is 2. The summed E-state index contributed by atoms with van der Waals surface area (Å²) in [5.41, 5.74) is 1.35. The summed E-state index contributed by atoms with van der Waals surface area (Å²) >= 11 is 12.5. The highest BCUT2D eigenvalue weighted by Crippen LogP contribution is 2.64. The lowest BCUT2D eigenvalue weighted by Gasteiger charge is -2.50. The van der Waals surface area contributed by atoms with E-state index in [2.05, 4.69) is 0 Å². The van der Waals surface area contributed by atoms with Gasteiger partial charge in [-0.3, -0.25) is 24.1 Å². The molecule has 2 aliphatic heterocycles. The number of benzene rings is 4. The van der Waals surface area contributed by atoms with Crippen LogP contribution in [-0.4, -0.2) is 35.8 Å². The third-order valence-corrected chi connectivity index (χ3v) is 11.3. The molecule has 246 valence electrons. The van der Waals surface area contributed by atoms with Crippen LogP contribution >= 0.6 is 23.2 Å². The molecule has 0 aromatic heterocycles. The van der Waals surface area contributed by atoms with Crippen LogP contribution in [0, 0.1) is 23.7 Å². The first-order valence-electron chi connectivity index (χ1n) is 16.1. The number of hydrogen-bond acceptors (Lipinski definition) is 6. The molecule has 8 rings (SSSR count). The van der Waals surface area contributed by atoms with Gasteiger partial charge in [-0.2, -0.15) is 0 Å². The summed E-state index contributed by atoms with van der Waals surface area (Å²) in [5.74, 6) is -4.98. The Balaban J connectivity index is 1.35. The number of hydrogen-bond donors (Lipinski definition) is 1. The second kappa shape index (κ2) is 11.6. The Labute approximate surface area is 292 Å². The van der Waals surface area contributed by atoms with Gasteiger partial charge in [0, 0.05) is 16.0 Å². The largest absolute Gasteiger partial charge is 0.504 e. The topological polar surface area (TPSA) is 104 Å². The fourth-order valence-electron chi connectivity index (χ4n) is 8.85. The monoisotopic (exact) mass is 692 g/mol. The first-order valence-corrected chi connectivity index (χ1v) is 16.8. The molecular formula is C39H30Cl2N2O6. The molecule has 4 amide bonds. The number of carbonyl (C=O) groups is 4. The van der Waals surface area contributed by atoms with Gasteiger partial charge in [-0.25, -0.2) is 4.90 Å². The van der Waals surface area contributed by atoms with E-state index in [1.165, 1.54) is 16.9 Å². The van der Waals surface area contributed by atoms with Crippen LogP contribution in [0.2, 0.25) is 10.0 Å². The predicted molar refractivity (Wildman–Crippen MR) is 185 cm³/mol. The van der Waals surface area contributed by atoms with E-state index in [0.29, 0.717) is 32.5 Å². The van der Waals surface area contributed by atoms with Gasteiger partial charge in [0.2, 0.25) is 23.6 Å². The van der Waals surface area contributed by atoms with Gasteiger partial charge < -0.3 is 9.84 Å². The summed E-state index contributed by atoms with van der Waals surface area (Å²) in [6, 6.07) is 27.4. The highest BCUT2D eigenvalue weighted by Gasteiger charge is 2.70. The summed E-state index contributed by atoms with van der Waals surface area (Å²) in [5, 5.41) is 11.9. The Hall–Kier alpha value is -4.92. The molecule has 10 heteroatoms. The van der Waals surface area contributed by atoms with E-state index in [9.17, 15) is 19.5 Å². The van der Waals surface area contributed by atoms with E-state index < -0.39 is 46.8 Å². The fraction of sp³-hybridized carbons (Fsp3) is 0.231. The number of aromatic hydroxyl groups is 1. The molecule has 2 aliphatic carbocycles. The van der Waals surface area contributed by atoms with Crippen LogP contribution in [0.1, 0.15) is 29.9 Å². The molecule has 8 nitrogen and oxygen atoms in total. The number of imide groups is 2. The highest BCUT2D eigenvalue weighted by molar-refractivity contribution is 6.32. The van der Waals surface area contributed by atoms with Gasteiger partial charge in [-0.15, -0.1) is 0 Å². The standard InChI is InChI=1S/C39H30Cl2N2O6/c1-49-32-17-10-21(18-31(32)44)34-27-15-16-28-33(37(47)42(35(28)45)25-13-11-23(40)12-14-25)29(27)20-30-36(46)43(26-9-5-8-24(41)19-26)38(48)39(30,34)22-6-3-2-4-7-22/h2-15,17-19,28-30,33-34,44H,16,20H2,1H3. The molecule has 0 spiro atoms. The Morgan fingerprint density at radius 1 is 0.755 bits per heavy atom. The molecule has 3 fully saturated rings.